The maximum Gasteiger partial charge on any atom is 0.130 e. The standard InChI is InChI=1S/C30H28N6O2S/c1-19-24(8-9-27-26(19)16-33-36(27)18-30(2,3)37)29-25-14-28(32-15-20(25)10-12-31-29)34-21-4-6-22(7-5-21)35-39-23-11-13-38-17-23/h4-17,35,37H,18H2,1-3H3,(H,32,34). The molecule has 0 atom stereocenters. The van der Waals surface area contributed by atoms with Crippen LogP contribution < -0.4 is 10.0 Å². The van der Waals surface area contributed by atoms with Crippen molar-refractivity contribution < 1.29 is 9.52 Å². The molecule has 0 aliphatic rings. The molecule has 4 aromatic heterocycles. The molecule has 3 N–H and O–H groups in total. The highest BCUT2D eigenvalue weighted by atomic mass is 32.2. The lowest BCUT2D eigenvalue weighted by Gasteiger charge is -2.18. The maximum absolute atomic E-state index is 10.3. The molecular weight excluding hydrogens is 508 g/mol. The minimum absolute atomic E-state index is 0.419. The van der Waals surface area contributed by atoms with Crippen LogP contribution in [0, 0.1) is 6.92 Å². The summed E-state index contributed by atoms with van der Waals surface area (Å²) in [5, 5.41) is 21.3. The Balaban J connectivity index is 1.28. The summed E-state index contributed by atoms with van der Waals surface area (Å²) in [5.74, 6) is 0.738. The Morgan fingerprint density at radius 2 is 1.79 bits per heavy atom. The fourth-order valence-corrected chi connectivity index (χ4v) is 5.19. The Kier molecular flexibility index (Phi) is 6.46. The van der Waals surface area contributed by atoms with E-state index in [0.29, 0.717) is 6.54 Å². The first-order valence-corrected chi connectivity index (χ1v) is 13.4. The number of anilines is 3. The number of nitrogens with one attached hydrogen (secondary N) is 2. The van der Waals surface area contributed by atoms with Crippen LogP contribution in [0.5, 0.6) is 0 Å². The van der Waals surface area contributed by atoms with Gasteiger partial charge in [0.15, 0.2) is 0 Å². The molecule has 0 unspecified atom stereocenters. The van der Waals surface area contributed by atoms with Gasteiger partial charge in [-0.25, -0.2) is 4.98 Å². The summed E-state index contributed by atoms with van der Waals surface area (Å²) in [6, 6.07) is 18.1. The minimum Gasteiger partial charge on any atom is -0.471 e. The van der Waals surface area contributed by atoms with E-state index < -0.39 is 5.60 Å². The molecule has 2 aromatic carbocycles. The summed E-state index contributed by atoms with van der Waals surface area (Å²) in [6.45, 7) is 6.08. The topological polar surface area (TPSA) is 101 Å². The second kappa shape index (κ2) is 10.1. The lowest BCUT2D eigenvalue weighted by Crippen LogP contribution is -2.26. The highest BCUT2D eigenvalue weighted by Crippen LogP contribution is 2.34. The molecule has 4 heterocycles. The zero-order valence-electron chi connectivity index (χ0n) is 21.8. The molecule has 196 valence electrons. The molecule has 0 fully saturated rings. The molecule has 0 aliphatic heterocycles. The van der Waals surface area contributed by atoms with Crippen molar-refractivity contribution in [3.05, 3.63) is 91.3 Å². The molecule has 0 saturated carbocycles. The number of aryl methyl sites for hydroxylation is 1. The molecule has 0 spiro atoms. The van der Waals surface area contributed by atoms with Crippen molar-refractivity contribution in [3.63, 3.8) is 0 Å². The first-order chi connectivity index (χ1) is 18.8. The third-order valence-corrected chi connectivity index (χ3v) is 7.28. The van der Waals surface area contributed by atoms with Crippen molar-refractivity contribution in [1.29, 1.82) is 0 Å². The van der Waals surface area contributed by atoms with Crippen molar-refractivity contribution in [1.82, 2.24) is 19.7 Å². The quantitative estimate of drug-likeness (QED) is 0.176. The molecule has 0 saturated heterocycles. The third-order valence-electron chi connectivity index (χ3n) is 6.47. The summed E-state index contributed by atoms with van der Waals surface area (Å²) in [4.78, 5) is 10.4. The smallest absolute Gasteiger partial charge is 0.130 e. The Morgan fingerprint density at radius 1 is 0.974 bits per heavy atom. The first kappa shape index (κ1) is 25.0. The molecular formula is C30H28N6O2S. The molecule has 8 nitrogen and oxygen atoms in total. The van der Waals surface area contributed by atoms with Crippen LogP contribution in [-0.4, -0.2) is 30.5 Å². The van der Waals surface area contributed by atoms with Gasteiger partial charge in [0.1, 0.15) is 12.1 Å². The first-order valence-electron chi connectivity index (χ1n) is 12.6. The largest absolute Gasteiger partial charge is 0.471 e. The number of hydrogen-bond donors (Lipinski definition) is 3. The van der Waals surface area contributed by atoms with E-state index in [4.69, 9.17) is 9.40 Å². The number of fused-ring (bicyclic) bond motifs is 2. The number of nitrogens with zero attached hydrogens (tertiary/aromatic N) is 4. The predicted octanol–water partition coefficient (Wildman–Crippen LogP) is 7.18. The average Bonchev–Trinajstić information content (AvgIpc) is 3.58. The van der Waals surface area contributed by atoms with Gasteiger partial charge in [-0.05, 0) is 86.8 Å². The number of furan rings is 1. The van der Waals surface area contributed by atoms with Crippen molar-refractivity contribution in [2.45, 2.75) is 37.8 Å². The number of pyridine rings is 2. The summed E-state index contributed by atoms with van der Waals surface area (Å²) < 4.78 is 10.3. The van der Waals surface area contributed by atoms with Gasteiger partial charge in [-0.2, -0.15) is 5.10 Å². The van der Waals surface area contributed by atoms with Crippen LogP contribution in [0.15, 0.2) is 95.0 Å². The number of benzene rings is 2. The number of rotatable bonds is 8. The second-order valence-electron chi connectivity index (χ2n) is 10.1. The van der Waals surface area contributed by atoms with Crippen LogP contribution in [0.4, 0.5) is 17.2 Å². The van der Waals surface area contributed by atoms with Gasteiger partial charge >= 0.3 is 0 Å². The summed E-state index contributed by atoms with van der Waals surface area (Å²) in [7, 11) is 0. The zero-order chi connectivity index (χ0) is 27.0. The number of aromatic nitrogens is 4. The van der Waals surface area contributed by atoms with E-state index in [9.17, 15) is 5.11 Å². The van der Waals surface area contributed by atoms with Crippen LogP contribution in [0.1, 0.15) is 19.4 Å². The Bertz CT molecular complexity index is 1760. The molecule has 0 amide bonds. The molecule has 6 aromatic rings. The lowest BCUT2D eigenvalue weighted by molar-refractivity contribution is 0.0591. The molecule has 39 heavy (non-hydrogen) atoms. The van der Waals surface area contributed by atoms with Crippen LogP contribution >= 0.6 is 11.9 Å². The van der Waals surface area contributed by atoms with Gasteiger partial charge in [0, 0.05) is 45.5 Å². The van der Waals surface area contributed by atoms with Crippen LogP contribution in [0.2, 0.25) is 0 Å². The number of aliphatic hydroxyl groups is 1. The Labute approximate surface area is 230 Å². The Hall–Kier alpha value is -4.34. The molecule has 6 rings (SSSR count). The fourth-order valence-electron chi connectivity index (χ4n) is 4.59. The van der Waals surface area contributed by atoms with Gasteiger partial charge < -0.3 is 19.6 Å². The molecule has 0 radical (unpaired) electrons. The average molecular weight is 537 g/mol. The van der Waals surface area contributed by atoms with Crippen LogP contribution in [-0.2, 0) is 6.54 Å². The molecule has 0 bridgehead atoms. The normalized spacial score (nSPS) is 11.8. The van der Waals surface area contributed by atoms with Crippen LogP contribution in [0.3, 0.4) is 0 Å². The summed E-state index contributed by atoms with van der Waals surface area (Å²) in [5.41, 5.74) is 5.09. The number of hydrogen-bond acceptors (Lipinski definition) is 8. The van der Waals surface area contributed by atoms with Crippen molar-refractivity contribution >= 4 is 50.8 Å². The summed E-state index contributed by atoms with van der Waals surface area (Å²) >= 11 is 1.50. The zero-order valence-corrected chi connectivity index (χ0v) is 22.7. The second-order valence-corrected chi connectivity index (χ2v) is 11.0. The monoisotopic (exact) mass is 536 g/mol. The van der Waals surface area contributed by atoms with Gasteiger partial charge in [0.2, 0.25) is 0 Å². The van der Waals surface area contributed by atoms with E-state index in [1.165, 1.54) is 11.9 Å². The van der Waals surface area contributed by atoms with Gasteiger partial charge in [0.25, 0.3) is 0 Å². The fraction of sp³-hybridized carbons (Fsp3) is 0.167. The summed E-state index contributed by atoms with van der Waals surface area (Å²) in [6.07, 6.45) is 8.91. The highest BCUT2D eigenvalue weighted by Gasteiger charge is 2.18. The van der Waals surface area contributed by atoms with E-state index in [0.717, 1.165) is 60.6 Å². The van der Waals surface area contributed by atoms with Gasteiger partial charge in [-0.15, -0.1) is 0 Å². The van der Waals surface area contributed by atoms with Crippen molar-refractivity contribution in [2.75, 3.05) is 10.0 Å². The van der Waals surface area contributed by atoms with E-state index in [-0.39, 0.29) is 0 Å². The van der Waals surface area contributed by atoms with E-state index >= 15 is 0 Å². The third kappa shape index (κ3) is 5.32. The SMILES string of the molecule is Cc1c(-c2nccc3cnc(Nc4ccc(NSc5ccoc5)cc4)cc23)ccc2c1cnn2CC(C)(C)O. The Morgan fingerprint density at radius 3 is 2.56 bits per heavy atom. The minimum atomic E-state index is -0.852. The predicted molar refractivity (Wildman–Crippen MR) is 157 cm³/mol. The highest BCUT2D eigenvalue weighted by molar-refractivity contribution is 8.00. The molecule has 9 heteroatoms. The lowest BCUT2D eigenvalue weighted by atomic mass is 9.98. The molecule has 0 aliphatic carbocycles. The van der Waals surface area contributed by atoms with E-state index in [1.54, 1.807) is 26.4 Å². The van der Waals surface area contributed by atoms with E-state index in [2.05, 4.69) is 39.2 Å². The van der Waals surface area contributed by atoms with Gasteiger partial charge in [-0.1, -0.05) is 6.07 Å². The van der Waals surface area contributed by atoms with Gasteiger partial charge in [0.05, 0.1) is 40.7 Å². The van der Waals surface area contributed by atoms with Crippen molar-refractivity contribution in [2.24, 2.45) is 0 Å². The van der Waals surface area contributed by atoms with E-state index in [1.807, 2.05) is 65.7 Å². The maximum atomic E-state index is 10.3. The van der Waals surface area contributed by atoms with Crippen molar-refractivity contribution in [3.8, 4) is 11.3 Å². The van der Waals surface area contributed by atoms with Crippen LogP contribution in [0.25, 0.3) is 32.9 Å². The van der Waals surface area contributed by atoms with Gasteiger partial charge in [-0.3, -0.25) is 9.67 Å².